The third-order valence-corrected chi connectivity index (χ3v) is 6.47. The smallest absolute Gasteiger partial charge is 0.230 e. The molecule has 31 heavy (non-hydrogen) atoms. The summed E-state index contributed by atoms with van der Waals surface area (Å²) in [6.45, 7) is 7.14. The molecule has 1 aliphatic rings. The Balaban J connectivity index is 0.00000341. The number of quaternary nitrogens is 1. The zero-order chi connectivity index (χ0) is 21.7. The molecule has 1 radical (unpaired) electrons. The summed E-state index contributed by atoms with van der Waals surface area (Å²) < 4.78 is 0.679. The van der Waals surface area contributed by atoms with Crippen molar-refractivity contribution in [2.45, 2.75) is 39.7 Å². The maximum absolute atomic E-state index is 13.3. The predicted molar refractivity (Wildman–Crippen MR) is 121 cm³/mol. The first-order chi connectivity index (χ1) is 14.3. The van der Waals surface area contributed by atoms with Gasteiger partial charge in [-0.05, 0) is 43.4 Å². The molecule has 0 saturated carbocycles. The molecule has 0 aliphatic carbocycles. The molecule has 5 heteroatoms. The van der Waals surface area contributed by atoms with Crippen LogP contribution in [0, 0.1) is 19.8 Å². The number of amides is 1. The van der Waals surface area contributed by atoms with Crippen molar-refractivity contribution in [3.05, 3.63) is 70.8 Å². The van der Waals surface area contributed by atoms with E-state index in [1.807, 2.05) is 26.2 Å². The average Bonchev–Trinajstić information content (AvgIpc) is 2.71. The van der Waals surface area contributed by atoms with Crippen molar-refractivity contribution in [3.8, 4) is 0 Å². The van der Waals surface area contributed by atoms with Gasteiger partial charge in [-0.15, -0.1) is 0 Å². The summed E-state index contributed by atoms with van der Waals surface area (Å²) in [5, 5.41) is 0. The van der Waals surface area contributed by atoms with Gasteiger partial charge in [-0.25, -0.2) is 0 Å². The average molecular weight is 496 g/mol. The molecule has 2 atom stereocenters. The van der Waals surface area contributed by atoms with E-state index in [1.54, 1.807) is 4.90 Å². The van der Waals surface area contributed by atoms with Crippen LogP contribution in [-0.2, 0) is 55.3 Å². The van der Waals surface area contributed by atoms with Gasteiger partial charge in [0.15, 0.2) is 5.78 Å². The van der Waals surface area contributed by atoms with E-state index in [2.05, 4.69) is 50.2 Å². The van der Waals surface area contributed by atoms with Crippen LogP contribution in [0.15, 0.2) is 48.5 Å². The molecule has 4 nitrogen and oxygen atoms in total. The summed E-state index contributed by atoms with van der Waals surface area (Å²) in [5.41, 5.74) is 4.74. The minimum Gasteiger partial charge on any atom is -0.348 e. The van der Waals surface area contributed by atoms with Crippen molar-refractivity contribution >= 4 is 11.7 Å². The normalized spacial score (nSPS) is 20.6. The second-order valence-corrected chi connectivity index (χ2v) is 9.21. The van der Waals surface area contributed by atoms with Crippen molar-refractivity contribution in [2.24, 2.45) is 5.92 Å². The summed E-state index contributed by atoms with van der Waals surface area (Å²) in [7, 11) is 3.66. The van der Waals surface area contributed by atoms with E-state index >= 15 is 0 Å². The Morgan fingerprint density at radius 1 is 1.00 bits per heavy atom. The number of carbonyl (C=O) groups is 2. The first kappa shape index (κ1) is 25.9. The maximum atomic E-state index is 13.3. The second-order valence-electron chi connectivity index (χ2n) is 9.21. The summed E-state index contributed by atoms with van der Waals surface area (Å²) in [4.78, 5) is 27.7. The summed E-state index contributed by atoms with van der Waals surface area (Å²) in [5.74, 6) is 0.444. The van der Waals surface area contributed by atoms with E-state index < -0.39 is 0 Å². The van der Waals surface area contributed by atoms with E-state index in [1.165, 1.54) is 16.7 Å². The Hall–Kier alpha value is -1.36. The summed E-state index contributed by atoms with van der Waals surface area (Å²) in [6, 6.07) is 16.6. The molecule has 2 unspecified atom stereocenters. The van der Waals surface area contributed by atoms with E-state index in [9.17, 15) is 9.59 Å². The molecular weight excluding hydrogens is 461 g/mol. The third kappa shape index (κ3) is 6.81. The minimum atomic E-state index is -0.00883. The van der Waals surface area contributed by atoms with Gasteiger partial charge < -0.3 is 9.38 Å². The van der Waals surface area contributed by atoms with Crippen LogP contribution in [0.5, 0.6) is 0 Å². The fraction of sp³-hybridized carbons (Fsp3) is 0.462. The SMILES string of the molecule is Cc1cccc(C)c1CC(=O)C[N+]1(Cc2ccccc2)CCCC(C(=O)N(C)C)C1.[Y]. The molecule has 1 saturated heterocycles. The topological polar surface area (TPSA) is 37.4 Å². The Kier molecular flexibility index (Phi) is 9.60. The van der Waals surface area contributed by atoms with Gasteiger partial charge in [0.25, 0.3) is 0 Å². The van der Waals surface area contributed by atoms with Crippen molar-refractivity contribution in [2.75, 3.05) is 33.7 Å². The molecule has 1 amide bonds. The molecular formula is C26H35N2O2Y+. The van der Waals surface area contributed by atoms with Gasteiger partial charge in [0.2, 0.25) is 5.91 Å². The third-order valence-electron chi connectivity index (χ3n) is 6.47. The Labute approximate surface area is 212 Å². The molecule has 1 heterocycles. The predicted octanol–water partition coefficient (Wildman–Crippen LogP) is 3.93. The van der Waals surface area contributed by atoms with E-state index in [-0.39, 0.29) is 50.3 Å². The van der Waals surface area contributed by atoms with Crippen molar-refractivity contribution in [1.29, 1.82) is 0 Å². The van der Waals surface area contributed by atoms with Gasteiger partial charge in [-0.3, -0.25) is 9.59 Å². The first-order valence-corrected chi connectivity index (χ1v) is 11.0. The van der Waals surface area contributed by atoms with Crippen LogP contribution in [0.4, 0.5) is 0 Å². The molecule has 0 aromatic heterocycles. The maximum Gasteiger partial charge on any atom is 0.230 e. The number of piperidine rings is 1. The quantitative estimate of drug-likeness (QED) is 0.545. The zero-order valence-electron chi connectivity index (χ0n) is 19.4. The Morgan fingerprint density at radius 3 is 2.26 bits per heavy atom. The monoisotopic (exact) mass is 496 g/mol. The standard InChI is InChI=1S/C26H35N2O2.Y/c1-20-10-8-11-21(2)25(20)16-24(29)19-28(17-22-12-6-5-7-13-22)15-9-14-23(18-28)26(30)27(3)4;/h5-8,10-13,23H,9,14-19H2,1-4H3;/q+1;. The van der Waals surface area contributed by atoms with E-state index in [0.717, 1.165) is 38.0 Å². The molecule has 0 spiro atoms. The number of rotatable bonds is 7. The van der Waals surface area contributed by atoms with Gasteiger partial charge >= 0.3 is 0 Å². The number of nitrogens with zero attached hydrogens (tertiary/aromatic N) is 2. The molecule has 1 fully saturated rings. The Morgan fingerprint density at radius 2 is 1.65 bits per heavy atom. The number of hydrogen-bond donors (Lipinski definition) is 0. The van der Waals surface area contributed by atoms with Crippen molar-refractivity contribution in [3.63, 3.8) is 0 Å². The molecule has 0 N–H and O–H groups in total. The molecule has 2 aromatic carbocycles. The van der Waals surface area contributed by atoms with Gasteiger partial charge in [0, 0.05) is 58.8 Å². The minimum absolute atomic E-state index is 0. The van der Waals surface area contributed by atoms with Crippen LogP contribution in [0.2, 0.25) is 0 Å². The van der Waals surface area contributed by atoms with Crippen molar-refractivity contribution < 1.29 is 46.8 Å². The number of aryl methyl sites for hydroxylation is 2. The fourth-order valence-electron chi connectivity index (χ4n) is 4.96. The number of Topliss-reactive ketones (excluding diaryl/α,β-unsaturated/α-hetero) is 1. The molecule has 163 valence electrons. The van der Waals surface area contributed by atoms with Gasteiger partial charge in [0.05, 0.1) is 19.0 Å². The van der Waals surface area contributed by atoms with Crippen LogP contribution in [0.25, 0.3) is 0 Å². The van der Waals surface area contributed by atoms with Gasteiger partial charge in [-0.2, -0.15) is 0 Å². The number of carbonyl (C=O) groups excluding carboxylic acids is 2. The number of hydrogen-bond acceptors (Lipinski definition) is 2. The van der Waals surface area contributed by atoms with E-state index in [4.69, 9.17) is 0 Å². The number of ketones is 1. The molecule has 3 rings (SSSR count). The van der Waals surface area contributed by atoms with Gasteiger partial charge in [0.1, 0.15) is 13.1 Å². The van der Waals surface area contributed by atoms with Crippen LogP contribution in [0.1, 0.15) is 35.1 Å². The van der Waals surface area contributed by atoms with E-state index in [0.29, 0.717) is 17.4 Å². The first-order valence-electron chi connectivity index (χ1n) is 11.0. The number of likely N-dealkylation sites (tertiary alicyclic amines) is 1. The van der Waals surface area contributed by atoms with Crippen molar-refractivity contribution in [1.82, 2.24) is 4.90 Å². The van der Waals surface area contributed by atoms with Crippen LogP contribution >= 0.6 is 0 Å². The molecule has 2 aromatic rings. The summed E-state index contributed by atoms with van der Waals surface area (Å²) >= 11 is 0. The number of benzene rings is 2. The van der Waals surface area contributed by atoms with Gasteiger partial charge in [-0.1, -0.05) is 48.5 Å². The second kappa shape index (κ2) is 11.5. The summed E-state index contributed by atoms with van der Waals surface area (Å²) in [6.07, 6.45) is 2.37. The largest absolute Gasteiger partial charge is 0.348 e. The Bertz CT molecular complexity index is 877. The van der Waals surface area contributed by atoms with Crippen LogP contribution in [0.3, 0.4) is 0 Å². The van der Waals surface area contributed by atoms with Crippen LogP contribution in [-0.4, -0.2) is 54.8 Å². The molecule has 0 bridgehead atoms. The fourth-order valence-corrected chi connectivity index (χ4v) is 4.96. The van der Waals surface area contributed by atoms with Crippen LogP contribution < -0.4 is 0 Å². The molecule has 1 aliphatic heterocycles. The zero-order valence-corrected chi connectivity index (χ0v) is 22.3.